The Hall–Kier alpha value is -1.20. The van der Waals surface area contributed by atoms with Gasteiger partial charge < -0.3 is 10.4 Å². The Labute approximate surface area is 82.5 Å². The van der Waals surface area contributed by atoms with Gasteiger partial charge in [-0.25, -0.2) is 4.98 Å². The highest BCUT2D eigenvalue weighted by Crippen LogP contribution is 2.07. The first-order valence-electron chi connectivity index (χ1n) is 4.67. The lowest BCUT2D eigenvalue weighted by molar-refractivity contribution is 0.212. The van der Waals surface area contributed by atoms with Gasteiger partial charge in [0.25, 0.3) is 0 Å². The molecule has 2 heterocycles. The summed E-state index contributed by atoms with van der Waals surface area (Å²) >= 11 is 0. The van der Waals surface area contributed by atoms with Gasteiger partial charge in [-0.1, -0.05) is 11.6 Å². The van der Waals surface area contributed by atoms with Gasteiger partial charge in [0.15, 0.2) is 0 Å². The Morgan fingerprint density at radius 3 is 3.21 bits per heavy atom. The first-order chi connectivity index (χ1) is 6.75. The van der Waals surface area contributed by atoms with Crippen molar-refractivity contribution in [1.29, 1.82) is 0 Å². The molecule has 1 aliphatic heterocycles. The summed E-state index contributed by atoms with van der Waals surface area (Å²) in [5.74, 6) is 0.923. The third kappa shape index (κ3) is 2.00. The van der Waals surface area contributed by atoms with E-state index in [1.54, 1.807) is 11.0 Å². The minimum absolute atomic E-state index is 0.369. The number of nitrogens with one attached hydrogen (secondary N) is 1. The molecule has 0 saturated heterocycles. The molecule has 0 saturated carbocycles. The molecule has 0 spiro atoms. The molecule has 2 rings (SSSR count). The second-order valence-electron chi connectivity index (χ2n) is 3.50. The van der Waals surface area contributed by atoms with Crippen LogP contribution in [0.25, 0.3) is 0 Å². The normalized spacial score (nSPS) is 22.1. The number of aryl methyl sites for hydroxylation is 1. The highest BCUT2D eigenvalue weighted by Gasteiger charge is 2.12. The van der Waals surface area contributed by atoms with Crippen LogP contribution in [-0.4, -0.2) is 39.1 Å². The van der Waals surface area contributed by atoms with Gasteiger partial charge in [-0.05, 0) is 0 Å². The second kappa shape index (κ2) is 3.89. The summed E-state index contributed by atoms with van der Waals surface area (Å²) in [6.45, 7) is 1.46. The monoisotopic (exact) mass is 194 g/mol. The number of β-amino-alcohol motifs (C(OH)–C–C–N with tert-alkyl or cyclic N) is 1. The first kappa shape index (κ1) is 9.36. The zero-order valence-corrected chi connectivity index (χ0v) is 8.14. The van der Waals surface area contributed by atoms with Crippen LogP contribution in [0.2, 0.25) is 0 Å². The van der Waals surface area contributed by atoms with Crippen LogP contribution in [0, 0.1) is 0 Å². The Morgan fingerprint density at radius 2 is 2.57 bits per heavy atom. The van der Waals surface area contributed by atoms with E-state index >= 15 is 0 Å². The number of nitrogens with zero attached hydrogens (tertiary/aromatic N) is 3. The Kier molecular flexibility index (Phi) is 2.60. The molecule has 1 unspecified atom stereocenters. The fourth-order valence-electron chi connectivity index (χ4n) is 1.58. The fraction of sp³-hybridized carbons (Fsp3) is 0.556. The highest BCUT2D eigenvalue weighted by molar-refractivity contribution is 5.15. The molecule has 1 atom stereocenters. The highest BCUT2D eigenvalue weighted by atomic mass is 16.3. The molecule has 5 heteroatoms. The smallest absolute Gasteiger partial charge is 0.138 e. The average molecular weight is 194 g/mol. The van der Waals surface area contributed by atoms with Crippen molar-refractivity contribution in [2.24, 2.45) is 7.05 Å². The lowest BCUT2D eigenvalue weighted by Gasteiger charge is -2.17. The van der Waals surface area contributed by atoms with Crippen molar-refractivity contribution in [2.75, 3.05) is 13.1 Å². The Morgan fingerprint density at radius 1 is 1.71 bits per heavy atom. The van der Waals surface area contributed by atoms with Crippen molar-refractivity contribution in [2.45, 2.75) is 12.5 Å². The van der Waals surface area contributed by atoms with E-state index in [9.17, 15) is 5.11 Å². The van der Waals surface area contributed by atoms with Crippen LogP contribution in [0.1, 0.15) is 5.82 Å². The van der Waals surface area contributed by atoms with Crippen molar-refractivity contribution >= 4 is 0 Å². The third-order valence-electron chi connectivity index (χ3n) is 2.32. The zero-order valence-electron chi connectivity index (χ0n) is 8.14. The van der Waals surface area contributed by atoms with Crippen molar-refractivity contribution in [3.8, 4) is 0 Å². The molecule has 0 fully saturated rings. The average Bonchev–Trinajstić information content (AvgIpc) is 2.52. The summed E-state index contributed by atoms with van der Waals surface area (Å²) in [6.07, 6.45) is 3.82. The standard InChI is InChI=1S/C9H14N4O/c1-13-9(11-6-12-13)3-7-2-8(14)5-10-4-7/h2,6,8,10,14H,3-5H2,1H3. The molecule has 0 aromatic carbocycles. The number of rotatable bonds is 2. The minimum Gasteiger partial charge on any atom is -0.388 e. The maximum atomic E-state index is 9.40. The van der Waals surface area contributed by atoms with Gasteiger partial charge in [-0.15, -0.1) is 0 Å². The molecule has 1 aromatic rings. The van der Waals surface area contributed by atoms with E-state index in [-0.39, 0.29) is 6.10 Å². The quantitative estimate of drug-likeness (QED) is 0.608. The number of hydrogen-bond donors (Lipinski definition) is 2. The SMILES string of the molecule is Cn1ncnc1CC1=CC(O)CNC1. The van der Waals surface area contributed by atoms with Gasteiger partial charge in [0.1, 0.15) is 12.2 Å². The van der Waals surface area contributed by atoms with E-state index in [4.69, 9.17) is 0 Å². The lowest BCUT2D eigenvalue weighted by atomic mass is 10.1. The van der Waals surface area contributed by atoms with Crippen LogP contribution in [0.3, 0.4) is 0 Å². The van der Waals surface area contributed by atoms with Crippen LogP contribution >= 0.6 is 0 Å². The van der Waals surface area contributed by atoms with Crippen molar-refractivity contribution in [3.63, 3.8) is 0 Å². The fourth-order valence-corrected chi connectivity index (χ4v) is 1.58. The number of aromatic nitrogens is 3. The van der Waals surface area contributed by atoms with Crippen LogP contribution in [-0.2, 0) is 13.5 Å². The van der Waals surface area contributed by atoms with Crippen molar-refractivity contribution < 1.29 is 5.11 Å². The van der Waals surface area contributed by atoms with Crippen LogP contribution in [0.4, 0.5) is 0 Å². The summed E-state index contributed by atoms with van der Waals surface area (Å²) in [5, 5.41) is 16.5. The topological polar surface area (TPSA) is 63.0 Å². The predicted molar refractivity (Wildman–Crippen MR) is 51.7 cm³/mol. The van der Waals surface area contributed by atoms with Gasteiger partial charge in [-0.3, -0.25) is 4.68 Å². The molecular formula is C9H14N4O. The molecule has 1 aromatic heterocycles. The van der Waals surface area contributed by atoms with Gasteiger partial charge in [0.2, 0.25) is 0 Å². The third-order valence-corrected chi connectivity index (χ3v) is 2.32. The van der Waals surface area contributed by atoms with Gasteiger partial charge in [0, 0.05) is 26.6 Å². The largest absolute Gasteiger partial charge is 0.388 e. The van der Waals surface area contributed by atoms with E-state index in [0.29, 0.717) is 6.54 Å². The van der Waals surface area contributed by atoms with E-state index in [1.807, 2.05) is 13.1 Å². The molecular weight excluding hydrogens is 180 g/mol. The van der Waals surface area contributed by atoms with Crippen molar-refractivity contribution in [3.05, 3.63) is 23.8 Å². The summed E-state index contributed by atoms with van der Waals surface area (Å²) < 4.78 is 1.75. The summed E-state index contributed by atoms with van der Waals surface area (Å²) in [5.41, 5.74) is 1.17. The van der Waals surface area contributed by atoms with E-state index in [1.165, 1.54) is 5.57 Å². The molecule has 76 valence electrons. The molecule has 0 amide bonds. The summed E-state index contributed by atoms with van der Waals surface area (Å²) in [7, 11) is 1.87. The molecule has 1 aliphatic rings. The Bertz CT molecular complexity index is 344. The molecule has 0 aliphatic carbocycles. The van der Waals surface area contributed by atoms with Crippen molar-refractivity contribution in [1.82, 2.24) is 20.1 Å². The molecule has 0 bridgehead atoms. The lowest BCUT2D eigenvalue weighted by Crippen LogP contribution is -2.33. The van der Waals surface area contributed by atoms with Gasteiger partial charge >= 0.3 is 0 Å². The molecule has 14 heavy (non-hydrogen) atoms. The van der Waals surface area contributed by atoms with Crippen LogP contribution < -0.4 is 5.32 Å². The van der Waals surface area contributed by atoms with Gasteiger partial charge in [0.05, 0.1) is 6.10 Å². The van der Waals surface area contributed by atoms with Crippen LogP contribution in [0.5, 0.6) is 0 Å². The van der Waals surface area contributed by atoms with E-state index in [0.717, 1.165) is 18.8 Å². The van der Waals surface area contributed by atoms with E-state index < -0.39 is 0 Å². The molecule has 0 radical (unpaired) electrons. The maximum Gasteiger partial charge on any atom is 0.138 e. The summed E-state index contributed by atoms with van der Waals surface area (Å²) in [6, 6.07) is 0. The second-order valence-corrected chi connectivity index (χ2v) is 3.50. The number of hydrogen-bond acceptors (Lipinski definition) is 4. The zero-order chi connectivity index (χ0) is 9.97. The molecule has 5 nitrogen and oxygen atoms in total. The minimum atomic E-state index is -0.369. The first-order valence-corrected chi connectivity index (χ1v) is 4.67. The van der Waals surface area contributed by atoms with Gasteiger partial charge in [-0.2, -0.15) is 5.10 Å². The maximum absolute atomic E-state index is 9.40. The number of aliphatic hydroxyl groups is 1. The Balaban J connectivity index is 2.07. The summed E-state index contributed by atoms with van der Waals surface area (Å²) in [4.78, 5) is 4.14. The van der Waals surface area contributed by atoms with E-state index in [2.05, 4.69) is 15.4 Å². The molecule has 2 N–H and O–H groups in total. The predicted octanol–water partition coefficient (Wildman–Crippen LogP) is -0.752. The van der Waals surface area contributed by atoms with Crippen LogP contribution in [0.15, 0.2) is 18.0 Å². The number of aliphatic hydroxyl groups excluding tert-OH is 1.